The van der Waals surface area contributed by atoms with E-state index < -0.39 is 0 Å². The van der Waals surface area contributed by atoms with Gasteiger partial charge in [-0.15, -0.1) is 0 Å². The number of carbonyl (C=O) groups is 1. The SMILES string of the molecule is N#Cc1cc2ccc(C(=O)CBr)cc2o1. The number of fused-ring (bicyclic) bond motifs is 1. The number of halogens is 1. The van der Waals surface area contributed by atoms with Crippen LogP contribution in [0.1, 0.15) is 16.1 Å². The van der Waals surface area contributed by atoms with Crippen molar-refractivity contribution in [1.82, 2.24) is 0 Å². The maximum atomic E-state index is 11.4. The third-order valence-electron chi connectivity index (χ3n) is 2.07. The lowest BCUT2D eigenvalue weighted by molar-refractivity contribution is 0.102. The highest BCUT2D eigenvalue weighted by atomic mass is 79.9. The van der Waals surface area contributed by atoms with E-state index >= 15 is 0 Å². The van der Waals surface area contributed by atoms with Gasteiger partial charge < -0.3 is 4.42 Å². The van der Waals surface area contributed by atoms with Crippen LogP contribution in [0, 0.1) is 11.3 Å². The van der Waals surface area contributed by atoms with Crippen molar-refractivity contribution in [3.63, 3.8) is 0 Å². The first-order valence-electron chi connectivity index (χ1n) is 4.27. The molecule has 1 aromatic heterocycles. The van der Waals surface area contributed by atoms with E-state index in [0.717, 1.165) is 5.39 Å². The number of ketones is 1. The molecule has 1 aromatic carbocycles. The van der Waals surface area contributed by atoms with Gasteiger partial charge in [0.2, 0.25) is 5.76 Å². The summed E-state index contributed by atoms with van der Waals surface area (Å²) in [5.74, 6) is 0.250. The minimum atomic E-state index is -0.00759. The summed E-state index contributed by atoms with van der Waals surface area (Å²) in [6.45, 7) is 0. The molecule has 0 aliphatic rings. The van der Waals surface area contributed by atoms with Crippen LogP contribution in [0.3, 0.4) is 0 Å². The van der Waals surface area contributed by atoms with Crippen LogP contribution in [-0.2, 0) is 0 Å². The summed E-state index contributed by atoms with van der Waals surface area (Å²) in [7, 11) is 0. The van der Waals surface area contributed by atoms with Crippen LogP contribution in [0.5, 0.6) is 0 Å². The van der Waals surface area contributed by atoms with E-state index in [2.05, 4.69) is 15.9 Å². The van der Waals surface area contributed by atoms with Gasteiger partial charge >= 0.3 is 0 Å². The molecule has 74 valence electrons. The number of carbonyl (C=O) groups excluding carboxylic acids is 1. The number of rotatable bonds is 2. The van der Waals surface area contributed by atoms with Crippen molar-refractivity contribution < 1.29 is 9.21 Å². The number of nitriles is 1. The van der Waals surface area contributed by atoms with Crippen molar-refractivity contribution in [2.75, 3.05) is 5.33 Å². The van der Waals surface area contributed by atoms with E-state index in [1.54, 1.807) is 24.3 Å². The van der Waals surface area contributed by atoms with Crippen molar-refractivity contribution in [3.8, 4) is 6.07 Å². The van der Waals surface area contributed by atoms with Gasteiger partial charge in [-0.3, -0.25) is 4.79 Å². The van der Waals surface area contributed by atoms with E-state index in [-0.39, 0.29) is 16.9 Å². The number of hydrogen-bond acceptors (Lipinski definition) is 3. The predicted molar refractivity (Wildman–Crippen MR) is 59.1 cm³/mol. The fourth-order valence-corrected chi connectivity index (χ4v) is 1.66. The first kappa shape index (κ1) is 9.94. The molecule has 0 N–H and O–H groups in total. The summed E-state index contributed by atoms with van der Waals surface area (Å²) >= 11 is 3.10. The van der Waals surface area contributed by atoms with Gasteiger partial charge in [0.15, 0.2) is 5.78 Å². The van der Waals surface area contributed by atoms with Crippen LogP contribution in [0.25, 0.3) is 11.0 Å². The van der Waals surface area contributed by atoms with Gasteiger partial charge in [-0.05, 0) is 6.07 Å². The molecule has 15 heavy (non-hydrogen) atoms. The lowest BCUT2D eigenvalue weighted by atomic mass is 10.1. The van der Waals surface area contributed by atoms with E-state index in [1.165, 1.54) is 0 Å². The van der Waals surface area contributed by atoms with Crippen molar-refractivity contribution in [2.24, 2.45) is 0 Å². The van der Waals surface area contributed by atoms with Gasteiger partial charge in [-0.1, -0.05) is 28.1 Å². The second-order valence-corrected chi connectivity index (χ2v) is 3.59. The molecule has 0 aliphatic carbocycles. The monoisotopic (exact) mass is 263 g/mol. The number of alkyl halides is 1. The van der Waals surface area contributed by atoms with Crippen LogP contribution in [0.4, 0.5) is 0 Å². The number of Topliss-reactive ketones (excluding diaryl/α,β-unsaturated/α-hetero) is 1. The molecular formula is C11H6BrNO2. The summed E-state index contributed by atoms with van der Waals surface area (Å²) in [5.41, 5.74) is 1.15. The molecule has 4 heteroatoms. The van der Waals surface area contributed by atoms with Crippen LogP contribution < -0.4 is 0 Å². The highest BCUT2D eigenvalue weighted by Gasteiger charge is 2.08. The summed E-state index contributed by atoms with van der Waals surface area (Å²) in [6.07, 6.45) is 0. The van der Waals surface area contributed by atoms with Crippen LogP contribution in [0.15, 0.2) is 28.7 Å². The fraction of sp³-hybridized carbons (Fsp3) is 0.0909. The maximum absolute atomic E-state index is 11.4. The van der Waals surface area contributed by atoms with Gasteiger partial charge in [-0.25, -0.2) is 0 Å². The molecule has 0 saturated heterocycles. The molecule has 2 aromatic rings. The molecule has 0 bridgehead atoms. The zero-order valence-corrected chi connectivity index (χ0v) is 9.24. The number of hydrogen-bond donors (Lipinski definition) is 0. The summed E-state index contributed by atoms with van der Waals surface area (Å²) < 4.78 is 5.22. The Balaban J connectivity index is 2.56. The predicted octanol–water partition coefficient (Wildman–Crippen LogP) is 2.88. The molecule has 0 unspecified atom stereocenters. The van der Waals surface area contributed by atoms with Gasteiger partial charge in [0.1, 0.15) is 11.7 Å². The molecule has 0 radical (unpaired) electrons. The Morgan fingerprint density at radius 2 is 2.27 bits per heavy atom. The Morgan fingerprint density at radius 3 is 2.93 bits per heavy atom. The van der Waals surface area contributed by atoms with Crippen molar-refractivity contribution in [2.45, 2.75) is 0 Å². The normalized spacial score (nSPS) is 10.1. The van der Waals surface area contributed by atoms with Crippen LogP contribution in [0.2, 0.25) is 0 Å². The number of benzene rings is 1. The van der Waals surface area contributed by atoms with Crippen LogP contribution >= 0.6 is 15.9 Å². The van der Waals surface area contributed by atoms with Crippen LogP contribution in [-0.4, -0.2) is 11.1 Å². The lowest BCUT2D eigenvalue weighted by Gasteiger charge is -1.95. The molecule has 2 rings (SSSR count). The van der Waals surface area contributed by atoms with E-state index in [0.29, 0.717) is 11.1 Å². The van der Waals surface area contributed by atoms with Crippen molar-refractivity contribution in [3.05, 3.63) is 35.6 Å². The highest BCUT2D eigenvalue weighted by molar-refractivity contribution is 9.09. The molecule has 0 fully saturated rings. The third kappa shape index (κ3) is 1.79. The summed E-state index contributed by atoms with van der Waals surface area (Å²) in [6, 6.07) is 8.72. The Labute approximate surface area is 94.4 Å². The first-order chi connectivity index (χ1) is 7.24. The molecule has 0 saturated carbocycles. The summed E-state index contributed by atoms with van der Waals surface area (Å²) in [4.78, 5) is 11.4. The number of furan rings is 1. The maximum Gasteiger partial charge on any atom is 0.204 e. The molecule has 0 amide bonds. The molecule has 0 aliphatic heterocycles. The van der Waals surface area contributed by atoms with E-state index in [9.17, 15) is 4.79 Å². The minimum Gasteiger partial charge on any atom is -0.446 e. The zero-order chi connectivity index (χ0) is 10.8. The second-order valence-electron chi connectivity index (χ2n) is 3.03. The molecular weight excluding hydrogens is 258 g/mol. The minimum absolute atomic E-state index is 0.00759. The Bertz CT molecular complexity index is 565. The van der Waals surface area contributed by atoms with E-state index in [4.69, 9.17) is 9.68 Å². The quantitative estimate of drug-likeness (QED) is 0.619. The number of nitrogens with zero attached hydrogens (tertiary/aromatic N) is 1. The molecule has 3 nitrogen and oxygen atoms in total. The second kappa shape index (κ2) is 3.87. The fourth-order valence-electron chi connectivity index (χ4n) is 1.34. The average molecular weight is 264 g/mol. The van der Waals surface area contributed by atoms with Gasteiger partial charge in [0, 0.05) is 17.0 Å². The molecule has 0 spiro atoms. The Morgan fingerprint density at radius 1 is 1.47 bits per heavy atom. The molecule has 0 atom stereocenters. The average Bonchev–Trinajstić information content (AvgIpc) is 2.69. The Hall–Kier alpha value is -1.60. The third-order valence-corrected chi connectivity index (χ3v) is 2.58. The smallest absolute Gasteiger partial charge is 0.204 e. The van der Waals surface area contributed by atoms with Gasteiger partial charge in [-0.2, -0.15) is 5.26 Å². The topological polar surface area (TPSA) is 54.0 Å². The summed E-state index contributed by atoms with van der Waals surface area (Å²) in [5, 5.41) is 9.76. The lowest BCUT2D eigenvalue weighted by Crippen LogP contribution is -1.98. The first-order valence-corrected chi connectivity index (χ1v) is 5.39. The standard InChI is InChI=1S/C11H6BrNO2/c12-5-10(14)7-1-2-8-3-9(6-13)15-11(8)4-7/h1-4H,5H2. The molecule has 1 heterocycles. The van der Waals surface area contributed by atoms with Gasteiger partial charge in [0.05, 0.1) is 5.33 Å². The van der Waals surface area contributed by atoms with E-state index in [1.807, 2.05) is 6.07 Å². The highest BCUT2D eigenvalue weighted by Crippen LogP contribution is 2.20. The van der Waals surface area contributed by atoms with Gasteiger partial charge in [0.25, 0.3) is 0 Å². The van der Waals surface area contributed by atoms with Crippen molar-refractivity contribution >= 4 is 32.7 Å². The largest absolute Gasteiger partial charge is 0.446 e. The van der Waals surface area contributed by atoms with Crippen molar-refractivity contribution in [1.29, 1.82) is 5.26 Å². The zero-order valence-electron chi connectivity index (χ0n) is 7.66. The Kier molecular flexibility index (Phi) is 2.57.